The summed E-state index contributed by atoms with van der Waals surface area (Å²) in [5, 5.41) is 2.53. The first kappa shape index (κ1) is 20.0. The fraction of sp³-hybridized carbons (Fsp3) is 0.308. The highest BCUT2D eigenvalue weighted by molar-refractivity contribution is 9.10. The normalized spacial score (nSPS) is 11.4. The second kappa shape index (κ2) is 9.49. The van der Waals surface area contributed by atoms with Crippen LogP contribution in [0.25, 0.3) is 27.5 Å². The van der Waals surface area contributed by atoms with Gasteiger partial charge in [-0.3, -0.25) is 0 Å². The molecule has 29 heavy (non-hydrogen) atoms. The summed E-state index contributed by atoms with van der Waals surface area (Å²) in [7, 11) is 0. The lowest BCUT2D eigenvalue weighted by Crippen LogP contribution is -1.98. The number of para-hydroxylation sites is 1. The van der Waals surface area contributed by atoms with E-state index in [1.807, 2.05) is 0 Å². The third-order valence-corrected chi connectivity index (χ3v) is 5.99. The second-order valence-corrected chi connectivity index (χ2v) is 8.54. The molecule has 0 saturated heterocycles. The lowest BCUT2D eigenvalue weighted by molar-refractivity contribution is 0.304. The van der Waals surface area contributed by atoms with Crippen LogP contribution in [0.4, 0.5) is 0 Å². The first-order valence-electron chi connectivity index (χ1n) is 10.7. The van der Waals surface area contributed by atoms with Gasteiger partial charge in [0.05, 0.1) is 17.6 Å². The molecule has 3 aromatic carbocycles. The van der Waals surface area contributed by atoms with E-state index < -0.39 is 0 Å². The van der Waals surface area contributed by atoms with Crippen LogP contribution < -0.4 is 4.74 Å². The van der Waals surface area contributed by atoms with Gasteiger partial charge in [-0.05, 0) is 55.0 Å². The summed E-state index contributed by atoms with van der Waals surface area (Å²) in [5.74, 6) is 0.950. The van der Waals surface area contributed by atoms with E-state index in [9.17, 15) is 0 Å². The van der Waals surface area contributed by atoms with Crippen LogP contribution in [0.1, 0.15) is 45.4 Å². The Morgan fingerprint density at radius 3 is 2.31 bits per heavy atom. The maximum absolute atomic E-state index is 5.96. The Balaban J connectivity index is 1.51. The molecule has 3 heteroatoms. The Bertz CT molecular complexity index is 1080. The molecule has 0 saturated carbocycles. The summed E-state index contributed by atoms with van der Waals surface area (Å²) in [4.78, 5) is 0. The number of unbranched alkanes of at least 4 members (excludes halogenated alkanes) is 5. The standard InChI is InChI=1S/C26H28BrNO/c1-2-3-4-5-6-9-18-29-22-15-13-21(14-16-22)28-25-11-8-7-10-23(25)24-19-20(27)12-17-26(24)28/h7-8,10-17,19H,2-6,9,18H2,1H3. The van der Waals surface area contributed by atoms with E-state index >= 15 is 0 Å². The largest absolute Gasteiger partial charge is 0.494 e. The van der Waals surface area contributed by atoms with Crippen molar-refractivity contribution in [1.29, 1.82) is 0 Å². The molecule has 0 aliphatic rings. The Morgan fingerprint density at radius 1 is 0.759 bits per heavy atom. The maximum Gasteiger partial charge on any atom is 0.119 e. The molecular formula is C26H28BrNO. The quantitative estimate of drug-likeness (QED) is 0.234. The minimum Gasteiger partial charge on any atom is -0.494 e. The zero-order valence-electron chi connectivity index (χ0n) is 17.0. The van der Waals surface area contributed by atoms with Crippen LogP contribution in [0, 0.1) is 0 Å². The molecule has 2 nitrogen and oxygen atoms in total. The fourth-order valence-electron chi connectivity index (χ4n) is 3.99. The molecule has 1 heterocycles. The number of hydrogen-bond donors (Lipinski definition) is 0. The Morgan fingerprint density at radius 2 is 1.48 bits per heavy atom. The average molecular weight is 450 g/mol. The SMILES string of the molecule is CCCCCCCCOc1ccc(-n2c3ccccc3c3cc(Br)ccc32)cc1. The molecule has 0 bridgehead atoms. The highest BCUT2D eigenvalue weighted by Crippen LogP contribution is 2.33. The Hall–Kier alpha value is -2.26. The van der Waals surface area contributed by atoms with Crippen molar-refractivity contribution in [2.75, 3.05) is 6.61 Å². The van der Waals surface area contributed by atoms with Crippen LogP contribution in [-0.2, 0) is 0 Å². The van der Waals surface area contributed by atoms with Crippen LogP contribution in [0.2, 0.25) is 0 Å². The fourth-order valence-corrected chi connectivity index (χ4v) is 4.35. The first-order chi connectivity index (χ1) is 14.3. The molecule has 0 spiro atoms. The molecular weight excluding hydrogens is 422 g/mol. The Kier molecular flexibility index (Phi) is 6.56. The Labute approximate surface area is 181 Å². The van der Waals surface area contributed by atoms with Crippen molar-refractivity contribution in [3.8, 4) is 11.4 Å². The zero-order valence-corrected chi connectivity index (χ0v) is 18.6. The lowest BCUT2D eigenvalue weighted by Gasteiger charge is -2.10. The predicted molar refractivity (Wildman–Crippen MR) is 127 cm³/mol. The highest BCUT2D eigenvalue weighted by atomic mass is 79.9. The number of rotatable bonds is 9. The molecule has 0 aliphatic carbocycles. The van der Waals surface area contributed by atoms with Gasteiger partial charge < -0.3 is 9.30 Å². The van der Waals surface area contributed by atoms with E-state index in [2.05, 4.69) is 94.2 Å². The van der Waals surface area contributed by atoms with E-state index in [1.165, 1.54) is 53.9 Å². The molecule has 0 N–H and O–H groups in total. The van der Waals surface area contributed by atoms with Gasteiger partial charge in [0.2, 0.25) is 0 Å². The molecule has 0 unspecified atom stereocenters. The molecule has 1 aromatic heterocycles. The van der Waals surface area contributed by atoms with Gasteiger partial charge >= 0.3 is 0 Å². The molecule has 0 amide bonds. The number of ether oxygens (including phenoxy) is 1. The first-order valence-corrected chi connectivity index (χ1v) is 11.5. The number of fused-ring (bicyclic) bond motifs is 3. The lowest BCUT2D eigenvalue weighted by atomic mass is 10.1. The van der Waals surface area contributed by atoms with Crippen molar-refractivity contribution in [3.05, 3.63) is 71.2 Å². The van der Waals surface area contributed by atoms with Crippen LogP contribution >= 0.6 is 15.9 Å². The topological polar surface area (TPSA) is 14.2 Å². The van der Waals surface area contributed by atoms with E-state index in [4.69, 9.17) is 4.74 Å². The molecule has 150 valence electrons. The van der Waals surface area contributed by atoms with Gasteiger partial charge in [-0.15, -0.1) is 0 Å². The molecule has 4 rings (SSSR count). The molecule has 0 aliphatic heterocycles. The number of aromatic nitrogens is 1. The van der Waals surface area contributed by atoms with Crippen molar-refractivity contribution < 1.29 is 4.74 Å². The van der Waals surface area contributed by atoms with Crippen LogP contribution in [0.3, 0.4) is 0 Å². The minimum absolute atomic E-state index is 0.800. The summed E-state index contributed by atoms with van der Waals surface area (Å²) >= 11 is 3.61. The monoisotopic (exact) mass is 449 g/mol. The minimum atomic E-state index is 0.800. The second-order valence-electron chi connectivity index (χ2n) is 7.62. The van der Waals surface area contributed by atoms with E-state index in [-0.39, 0.29) is 0 Å². The van der Waals surface area contributed by atoms with Gasteiger partial charge in [-0.1, -0.05) is 73.2 Å². The number of hydrogen-bond acceptors (Lipinski definition) is 1. The zero-order chi connectivity index (χ0) is 20.1. The summed E-state index contributed by atoms with van der Waals surface area (Å²) in [6.45, 7) is 3.06. The van der Waals surface area contributed by atoms with E-state index in [0.29, 0.717) is 0 Å². The van der Waals surface area contributed by atoms with Crippen molar-refractivity contribution in [1.82, 2.24) is 4.57 Å². The third kappa shape index (κ3) is 4.51. The van der Waals surface area contributed by atoms with Gasteiger partial charge in [-0.25, -0.2) is 0 Å². The van der Waals surface area contributed by atoms with Crippen molar-refractivity contribution in [2.45, 2.75) is 45.4 Å². The molecule has 0 radical (unpaired) electrons. The molecule has 0 fully saturated rings. The van der Waals surface area contributed by atoms with Gasteiger partial charge in [-0.2, -0.15) is 0 Å². The predicted octanol–water partition coefficient (Wildman–Crippen LogP) is 8.29. The smallest absolute Gasteiger partial charge is 0.119 e. The summed E-state index contributed by atoms with van der Waals surface area (Å²) in [6, 6.07) is 23.6. The summed E-state index contributed by atoms with van der Waals surface area (Å²) < 4.78 is 9.39. The number of halogens is 1. The van der Waals surface area contributed by atoms with Crippen molar-refractivity contribution in [2.24, 2.45) is 0 Å². The third-order valence-electron chi connectivity index (χ3n) is 5.50. The highest BCUT2D eigenvalue weighted by Gasteiger charge is 2.12. The van der Waals surface area contributed by atoms with Gasteiger partial charge in [0.1, 0.15) is 5.75 Å². The van der Waals surface area contributed by atoms with Crippen LogP contribution in [0.15, 0.2) is 71.2 Å². The maximum atomic E-state index is 5.96. The van der Waals surface area contributed by atoms with Crippen LogP contribution in [0.5, 0.6) is 5.75 Å². The molecule has 0 atom stereocenters. The average Bonchev–Trinajstić information content (AvgIpc) is 3.07. The van der Waals surface area contributed by atoms with E-state index in [1.54, 1.807) is 0 Å². The summed E-state index contributed by atoms with van der Waals surface area (Å²) in [5.41, 5.74) is 3.60. The van der Waals surface area contributed by atoms with Gasteiger partial charge in [0.15, 0.2) is 0 Å². The van der Waals surface area contributed by atoms with Gasteiger partial charge in [0.25, 0.3) is 0 Å². The number of benzene rings is 3. The van der Waals surface area contributed by atoms with Crippen molar-refractivity contribution in [3.63, 3.8) is 0 Å². The van der Waals surface area contributed by atoms with Crippen LogP contribution in [-0.4, -0.2) is 11.2 Å². The number of nitrogens with zero attached hydrogens (tertiary/aromatic N) is 1. The van der Waals surface area contributed by atoms with Gasteiger partial charge in [0, 0.05) is 20.9 Å². The van der Waals surface area contributed by atoms with Crippen molar-refractivity contribution >= 4 is 37.7 Å². The molecule has 4 aromatic rings. The van der Waals surface area contributed by atoms with E-state index in [0.717, 1.165) is 28.9 Å². The summed E-state index contributed by atoms with van der Waals surface area (Å²) in [6.07, 6.45) is 7.71.